The summed E-state index contributed by atoms with van der Waals surface area (Å²) in [6.45, 7) is 2.30. The van der Waals surface area contributed by atoms with E-state index in [-0.39, 0.29) is 5.46 Å². The predicted molar refractivity (Wildman–Crippen MR) is 78.9 cm³/mol. The fourth-order valence-electron chi connectivity index (χ4n) is 2.62. The Morgan fingerprint density at radius 2 is 2.16 bits per heavy atom. The van der Waals surface area contributed by atoms with Crippen molar-refractivity contribution in [2.75, 3.05) is 0 Å². The van der Waals surface area contributed by atoms with Crippen LogP contribution < -0.4 is 5.46 Å². The van der Waals surface area contributed by atoms with Crippen LogP contribution in [0.3, 0.4) is 0 Å². The molecule has 1 fully saturated rings. The van der Waals surface area contributed by atoms with Gasteiger partial charge in [0.05, 0.1) is 0 Å². The van der Waals surface area contributed by atoms with E-state index in [1.807, 2.05) is 11.8 Å². The smallest absolute Gasteiger partial charge is 0.423 e. The fraction of sp³-hybridized carbons (Fsp3) is 0.571. The zero-order chi connectivity index (χ0) is 13.8. The van der Waals surface area contributed by atoms with E-state index in [0.717, 1.165) is 17.2 Å². The number of halogens is 1. The van der Waals surface area contributed by atoms with Gasteiger partial charge in [0.15, 0.2) is 0 Å². The molecule has 5 heteroatoms. The van der Waals surface area contributed by atoms with Crippen LogP contribution in [0, 0.1) is 11.7 Å². The Morgan fingerprint density at radius 1 is 1.37 bits per heavy atom. The average molecular weight is 282 g/mol. The van der Waals surface area contributed by atoms with Crippen LogP contribution in [0.25, 0.3) is 0 Å². The van der Waals surface area contributed by atoms with Crippen molar-refractivity contribution in [2.24, 2.45) is 5.92 Å². The van der Waals surface area contributed by atoms with Crippen molar-refractivity contribution in [1.29, 1.82) is 0 Å². The Morgan fingerprint density at radius 3 is 2.84 bits per heavy atom. The highest BCUT2D eigenvalue weighted by molar-refractivity contribution is 7.99. The molecular formula is C14H20BFO2S. The number of benzene rings is 1. The maximum atomic E-state index is 13.3. The Labute approximate surface area is 118 Å². The van der Waals surface area contributed by atoms with Gasteiger partial charge in [-0.05, 0) is 30.4 Å². The van der Waals surface area contributed by atoms with Gasteiger partial charge in [0, 0.05) is 16.5 Å². The molecule has 0 saturated heterocycles. The molecule has 0 radical (unpaired) electrons. The second-order valence-electron chi connectivity index (χ2n) is 5.43. The van der Waals surface area contributed by atoms with Crippen molar-refractivity contribution in [3.63, 3.8) is 0 Å². The second kappa shape index (κ2) is 6.77. The van der Waals surface area contributed by atoms with E-state index in [1.54, 1.807) is 12.1 Å². The van der Waals surface area contributed by atoms with Crippen molar-refractivity contribution < 1.29 is 14.4 Å². The van der Waals surface area contributed by atoms with Crippen molar-refractivity contribution in [1.82, 2.24) is 0 Å². The molecule has 2 nitrogen and oxygen atoms in total. The highest BCUT2D eigenvalue weighted by Gasteiger charge is 2.20. The third-order valence-corrected chi connectivity index (χ3v) is 5.11. The van der Waals surface area contributed by atoms with Crippen molar-refractivity contribution >= 4 is 24.3 Å². The molecule has 1 saturated carbocycles. The van der Waals surface area contributed by atoms with Gasteiger partial charge in [0.2, 0.25) is 0 Å². The highest BCUT2D eigenvalue weighted by Crippen LogP contribution is 2.33. The number of rotatable bonds is 4. The minimum Gasteiger partial charge on any atom is -0.423 e. The summed E-state index contributed by atoms with van der Waals surface area (Å²) in [5, 5.41) is 18.9. The summed E-state index contributed by atoms with van der Waals surface area (Å²) in [6, 6.07) is 4.59. The lowest BCUT2D eigenvalue weighted by Gasteiger charge is -2.26. The van der Waals surface area contributed by atoms with Gasteiger partial charge >= 0.3 is 7.12 Å². The molecule has 1 aromatic carbocycles. The zero-order valence-electron chi connectivity index (χ0n) is 11.2. The molecule has 0 aliphatic heterocycles. The lowest BCUT2D eigenvalue weighted by atomic mass is 9.79. The van der Waals surface area contributed by atoms with Crippen molar-refractivity contribution in [3.8, 4) is 0 Å². The molecule has 1 aliphatic rings. The van der Waals surface area contributed by atoms with Gasteiger partial charge in [0.1, 0.15) is 5.82 Å². The van der Waals surface area contributed by atoms with Crippen LogP contribution in [0.5, 0.6) is 0 Å². The summed E-state index contributed by atoms with van der Waals surface area (Å²) >= 11 is 1.89. The van der Waals surface area contributed by atoms with Crippen LogP contribution in [0.1, 0.15) is 38.2 Å². The van der Waals surface area contributed by atoms with E-state index in [1.165, 1.54) is 31.7 Å². The van der Waals surface area contributed by atoms with Crippen LogP contribution in [0.4, 0.5) is 4.39 Å². The summed E-state index contributed by atoms with van der Waals surface area (Å²) in [6.07, 6.45) is 5.13. The van der Waals surface area contributed by atoms with Crippen molar-refractivity contribution in [2.45, 2.75) is 43.6 Å². The summed E-state index contributed by atoms with van der Waals surface area (Å²) in [4.78, 5) is 0. The highest BCUT2D eigenvalue weighted by atomic mass is 32.2. The van der Waals surface area contributed by atoms with Crippen molar-refractivity contribution in [3.05, 3.63) is 29.6 Å². The summed E-state index contributed by atoms with van der Waals surface area (Å²) in [5.41, 5.74) is 0.919. The van der Waals surface area contributed by atoms with Gasteiger partial charge in [-0.2, -0.15) is 11.8 Å². The second-order valence-corrected chi connectivity index (χ2v) is 6.72. The minimum atomic E-state index is -1.74. The van der Waals surface area contributed by atoms with E-state index >= 15 is 0 Å². The summed E-state index contributed by atoms with van der Waals surface area (Å²) in [5.74, 6) is 1.04. The fourth-order valence-corrected chi connectivity index (χ4v) is 4.03. The molecule has 2 rings (SSSR count). The first-order valence-electron chi connectivity index (χ1n) is 6.82. The molecule has 1 aliphatic carbocycles. The molecule has 0 amide bonds. The molecule has 1 aromatic rings. The van der Waals surface area contributed by atoms with Crippen LogP contribution in [-0.2, 0) is 5.75 Å². The Bertz CT molecular complexity index is 428. The van der Waals surface area contributed by atoms with Crippen LogP contribution >= 0.6 is 11.8 Å². The van der Waals surface area contributed by atoms with Gasteiger partial charge < -0.3 is 10.0 Å². The maximum absolute atomic E-state index is 13.3. The van der Waals surface area contributed by atoms with E-state index in [0.29, 0.717) is 5.25 Å². The lowest BCUT2D eigenvalue weighted by molar-refractivity contribution is 0.394. The molecule has 2 atom stereocenters. The van der Waals surface area contributed by atoms with Gasteiger partial charge in [-0.3, -0.25) is 0 Å². The van der Waals surface area contributed by atoms with E-state index in [2.05, 4.69) is 6.92 Å². The first-order valence-corrected chi connectivity index (χ1v) is 7.87. The molecule has 0 spiro atoms. The summed E-state index contributed by atoms with van der Waals surface area (Å²) in [7, 11) is -1.74. The standard InChI is InChI=1S/C14H20BFO2S/c1-10-3-2-4-12(7-10)19-9-11-5-6-14(16)13(8-11)15(17)18/h5-6,8,10,12,17-18H,2-4,7,9H2,1H3. The molecule has 19 heavy (non-hydrogen) atoms. The third-order valence-electron chi connectivity index (χ3n) is 3.71. The number of thioether (sulfide) groups is 1. The third kappa shape index (κ3) is 4.23. The molecular weight excluding hydrogens is 262 g/mol. The topological polar surface area (TPSA) is 40.5 Å². The van der Waals surface area contributed by atoms with Gasteiger partial charge in [-0.1, -0.05) is 31.9 Å². The Hall–Kier alpha value is -0.515. The molecule has 104 valence electrons. The van der Waals surface area contributed by atoms with Crippen LogP contribution in [0.2, 0.25) is 0 Å². The monoisotopic (exact) mass is 282 g/mol. The number of hydrogen-bond acceptors (Lipinski definition) is 3. The summed E-state index contributed by atoms with van der Waals surface area (Å²) < 4.78 is 13.3. The largest absolute Gasteiger partial charge is 0.491 e. The zero-order valence-corrected chi connectivity index (χ0v) is 12.0. The Kier molecular flexibility index (Phi) is 5.31. The van der Waals surface area contributed by atoms with Gasteiger partial charge in [0.25, 0.3) is 0 Å². The molecule has 2 unspecified atom stereocenters. The van der Waals surface area contributed by atoms with Gasteiger partial charge in [-0.25, -0.2) is 4.39 Å². The first-order chi connectivity index (χ1) is 9.06. The number of hydrogen-bond donors (Lipinski definition) is 2. The quantitative estimate of drug-likeness (QED) is 0.833. The SMILES string of the molecule is CC1CCCC(SCc2ccc(F)c(B(O)O)c2)C1. The molecule has 0 aromatic heterocycles. The molecule has 0 heterocycles. The van der Waals surface area contributed by atoms with E-state index in [9.17, 15) is 4.39 Å². The van der Waals surface area contributed by atoms with E-state index in [4.69, 9.17) is 10.0 Å². The van der Waals surface area contributed by atoms with E-state index < -0.39 is 12.9 Å². The lowest BCUT2D eigenvalue weighted by Crippen LogP contribution is -2.33. The normalized spacial score (nSPS) is 23.4. The first kappa shape index (κ1) is 14.9. The van der Waals surface area contributed by atoms with Crippen LogP contribution in [0.15, 0.2) is 18.2 Å². The maximum Gasteiger partial charge on any atom is 0.491 e. The minimum absolute atomic E-state index is 0.0323. The molecule has 2 N–H and O–H groups in total. The predicted octanol–water partition coefficient (Wildman–Crippen LogP) is 2.32. The molecule has 0 bridgehead atoms. The Balaban J connectivity index is 1.94. The van der Waals surface area contributed by atoms with Crippen LogP contribution in [-0.4, -0.2) is 22.4 Å². The van der Waals surface area contributed by atoms with Gasteiger partial charge in [-0.15, -0.1) is 0 Å². The average Bonchev–Trinajstić information content (AvgIpc) is 2.37.